The molecule has 0 atom stereocenters. The molecule has 0 spiro atoms. The molecule has 0 aromatic heterocycles. The number of hydroxylamine groups is 1. The average molecular weight is 235 g/mol. The van der Waals surface area contributed by atoms with Crippen LogP contribution in [0.25, 0.3) is 0 Å². The van der Waals surface area contributed by atoms with E-state index in [1.807, 2.05) is 31.2 Å². The topological polar surface area (TPSA) is 53.9 Å². The Hall–Kier alpha value is -1.88. The second-order valence-electron chi connectivity index (χ2n) is 3.89. The molecule has 0 fully saturated rings. The maximum absolute atomic E-state index is 11.1. The maximum atomic E-state index is 11.1. The number of nitrogens with zero attached hydrogens (tertiary/aromatic N) is 2. The smallest absolute Gasteiger partial charge is 0.366 e. The molecular weight excluding hydrogens is 218 g/mol. The van der Waals surface area contributed by atoms with E-state index in [1.54, 1.807) is 19.0 Å². The number of carbonyl (C=O) groups is 1. The summed E-state index contributed by atoms with van der Waals surface area (Å²) in [6.45, 7) is 2.34. The highest BCUT2D eigenvalue weighted by Gasteiger charge is 1.97. The van der Waals surface area contributed by atoms with Crippen LogP contribution in [0.3, 0.4) is 0 Å². The third-order valence-electron chi connectivity index (χ3n) is 1.92. The minimum Gasteiger partial charge on any atom is -0.369 e. The van der Waals surface area contributed by atoms with Gasteiger partial charge in [0.05, 0.1) is 12.9 Å². The summed E-state index contributed by atoms with van der Waals surface area (Å²) < 4.78 is 0. The zero-order chi connectivity index (χ0) is 12.7. The molecule has 0 aliphatic heterocycles. The Balaban J connectivity index is 2.28. The van der Waals surface area contributed by atoms with E-state index in [2.05, 4.69) is 10.5 Å². The first-order valence-corrected chi connectivity index (χ1v) is 5.26. The molecule has 1 rings (SSSR count). The minimum absolute atomic E-state index is 0.323. The highest BCUT2D eigenvalue weighted by molar-refractivity contribution is 5.81. The molecule has 1 N–H and O–H groups in total. The van der Waals surface area contributed by atoms with Crippen LogP contribution in [-0.2, 0) is 11.4 Å². The molecule has 0 aliphatic rings. The number of aliphatic imine (C=N–C) groups is 1. The van der Waals surface area contributed by atoms with Crippen LogP contribution in [0, 0.1) is 6.92 Å². The summed E-state index contributed by atoms with van der Waals surface area (Å²) in [6, 6.07) is 7.36. The summed E-state index contributed by atoms with van der Waals surface area (Å²) in [4.78, 5) is 21.4. The van der Waals surface area contributed by atoms with Crippen molar-refractivity contribution in [2.24, 2.45) is 4.99 Å². The lowest BCUT2D eigenvalue weighted by Crippen LogP contribution is -2.21. The summed E-state index contributed by atoms with van der Waals surface area (Å²) >= 11 is 0. The summed E-state index contributed by atoms with van der Waals surface area (Å²) in [5.41, 5.74) is 4.42. The number of urea groups is 1. The quantitative estimate of drug-likeness (QED) is 0.491. The van der Waals surface area contributed by atoms with Gasteiger partial charge in [-0.1, -0.05) is 29.8 Å². The molecule has 92 valence electrons. The van der Waals surface area contributed by atoms with Crippen molar-refractivity contribution in [3.63, 3.8) is 0 Å². The van der Waals surface area contributed by atoms with Gasteiger partial charge in [-0.05, 0) is 12.5 Å². The van der Waals surface area contributed by atoms with Crippen molar-refractivity contribution in [1.29, 1.82) is 0 Å². The predicted octanol–water partition coefficient (Wildman–Crippen LogP) is 1.73. The Labute approximate surface area is 101 Å². The summed E-state index contributed by atoms with van der Waals surface area (Å²) in [5.74, 6) is 0. The molecule has 0 heterocycles. The number of carbonyl (C=O) groups excluding carboxylic acids is 1. The van der Waals surface area contributed by atoms with E-state index >= 15 is 0 Å². The lowest BCUT2D eigenvalue weighted by atomic mass is 10.2. The van der Waals surface area contributed by atoms with Gasteiger partial charge in [-0.25, -0.2) is 10.3 Å². The Morgan fingerprint density at radius 2 is 2.06 bits per heavy atom. The Kier molecular flexibility index (Phi) is 5.16. The predicted molar refractivity (Wildman–Crippen MR) is 66.7 cm³/mol. The standard InChI is InChI=1S/C12H17N3O2/c1-10-4-6-11(7-5-10)8-17-14-12(16)13-9-15(2)3/h4-7,9H,8H2,1-3H3,(H,14,16)/b13-9+. The molecule has 2 amide bonds. The SMILES string of the molecule is Cc1ccc(CONC(=O)/N=C/N(C)C)cc1. The van der Waals surface area contributed by atoms with Crippen molar-refractivity contribution in [2.45, 2.75) is 13.5 Å². The van der Waals surface area contributed by atoms with Crippen molar-refractivity contribution in [3.8, 4) is 0 Å². The van der Waals surface area contributed by atoms with Crippen molar-refractivity contribution in [1.82, 2.24) is 10.4 Å². The van der Waals surface area contributed by atoms with Gasteiger partial charge in [-0.15, -0.1) is 0 Å². The van der Waals surface area contributed by atoms with E-state index < -0.39 is 6.03 Å². The number of hydrogen-bond donors (Lipinski definition) is 1. The summed E-state index contributed by atoms with van der Waals surface area (Å²) in [6.07, 6.45) is 1.41. The molecule has 0 unspecified atom stereocenters. The lowest BCUT2D eigenvalue weighted by molar-refractivity contribution is 0.0522. The number of rotatable bonds is 4. The fourth-order valence-electron chi connectivity index (χ4n) is 1.06. The fourth-order valence-corrected chi connectivity index (χ4v) is 1.06. The fraction of sp³-hybridized carbons (Fsp3) is 0.333. The third-order valence-corrected chi connectivity index (χ3v) is 1.92. The van der Waals surface area contributed by atoms with Gasteiger partial charge in [0.15, 0.2) is 0 Å². The van der Waals surface area contributed by atoms with Gasteiger partial charge in [0, 0.05) is 14.1 Å². The van der Waals surface area contributed by atoms with Crippen LogP contribution >= 0.6 is 0 Å². The zero-order valence-electron chi connectivity index (χ0n) is 10.3. The van der Waals surface area contributed by atoms with Gasteiger partial charge < -0.3 is 4.90 Å². The molecule has 0 saturated carbocycles. The third kappa shape index (κ3) is 5.67. The van der Waals surface area contributed by atoms with E-state index in [1.165, 1.54) is 11.9 Å². The molecule has 0 bridgehead atoms. The Morgan fingerprint density at radius 1 is 1.41 bits per heavy atom. The van der Waals surface area contributed by atoms with Crippen molar-refractivity contribution >= 4 is 12.4 Å². The highest BCUT2D eigenvalue weighted by Crippen LogP contribution is 2.03. The maximum Gasteiger partial charge on any atom is 0.366 e. The van der Waals surface area contributed by atoms with Crippen LogP contribution in [0.1, 0.15) is 11.1 Å². The van der Waals surface area contributed by atoms with E-state index in [4.69, 9.17) is 4.84 Å². The molecule has 0 radical (unpaired) electrons. The normalized spacial score (nSPS) is 10.5. The Bertz CT molecular complexity index is 385. The number of aryl methyl sites for hydroxylation is 1. The number of hydrogen-bond acceptors (Lipinski definition) is 2. The van der Waals surface area contributed by atoms with Gasteiger partial charge in [-0.3, -0.25) is 4.84 Å². The van der Waals surface area contributed by atoms with Gasteiger partial charge in [-0.2, -0.15) is 4.99 Å². The van der Waals surface area contributed by atoms with Gasteiger partial charge in [0.25, 0.3) is 0 Å². The minimum atomic E-state index is -0.522. The summed E-state index contributed by atoms with van der Waals surface area (Å²) in [5, 5.41) is 0. The second-order valence-corrected chi connectivity index (χ2v) is 3.89. The van der Waals surface area contributed by atoms with Crippen molar-refractivity contribution in [2.75, 3.05) is 14.1 Å². The van der Waals surface area contributed by atoms with Crippen molar-refractivity contribution < 1.29 is 9.63 Å². The highest BCUT2D eigenvalue weighted by atomic mass is 16.7. The van der Waals surface area contributed by atoms with E-state index in [0.29, 0.717) is 6.61 Å². The van der Waals surface area contributed by atoms with E-state index in [9.17, 15) is 4.79 Å². The molecule has 0 aliphatic carbocycles. The molecule has 1 aromatic carbocycles. The van der Waals surface area contributed by atoms with Gasteiger partial charge in [0.2, 0.25) is 0 Å². The molecule has 0 saturated heterocycles. The first-order valence-electron chi connectivity index (χ1n) is 5.26. The van der Waals surface area contributed by atoms with Gasteiger partial charge in [0.1, 0.15) is 0 Å². The van der Waals surface area contributed by atoms with E-state index in [0.717, 1.165) is 5.56 Å². The first kappa shape index (κ1) is 13.2. The average Bonchev–Trinajstić information content (AvgIpc) is 2.29. The van der Waals surface area contributed by atoms with E-state index in [-0.39, 0.29) is 0 Å². The van der Waals surface area contributed by atoms with Crippen LogP contribution in [-0.4, -0.2) is 31.4 Å². The zero-order valence-corrected chi connectivity index (χ0v) is 10.3. The van der Waals surface area contributed by atoms with Crippen LogP contribution in [0.15, 0.2) is 29.3 Å². The van der Waals surface area contributed by atoms with Crippen LogP contribution in [0.2, 0.25) is 0 Å². The van der Waals surface area contributed by atoms with Crippen LogP contribution in [0.4, 0.5) is 4.79 Å². The van der Waals surface area contributed by atoms with Gasteiger partial charge >= 0.3 is 6.03 Å². The number of benzene rings is 1. The molecule has 5 heteroatoms. The number of nitrogens with one attached hydrogen (secondary N) is 1. The molecule has 1 aromatic rings. The number of amides is 2. The monoisotopic (exact) mass is 235 g/mol. The summed E-state index contributed by atoms with van der Waals surface area (Å²) in [7, 11) is 3.56. The molecular formula is C12H17N3O2. The van der Waals surface area contributed by atoms with Crippen LogP contribution < -0.4 is 5.48 Å². The molecule has 17 heavy (non-hydrogen) atoms. The Morgan fingerprint density at radius 3 is 2.65 bits per heavy atom. The lowest BCUT2D eigenvalue weighted by Gasteiger charge is -2.05. The largest absolute Gasteiger partial charge is 0.369 e. The first-order chi connectivity index (χ1) is 8.08. The van der Waals surface area contributed by atoms with Crippen molar-refractivity contribution in [3.05, 3.63) is 35.4 Å². The van der Waals surface area contributed by atoms with Crippen LogP contribution in [0.5, 0.6) is 0 Å². The second kappa shape index (κ2) is 6.65. The molecule has 5 nitrogen and oxygen atoms in total.